The van der Waals surface area contributed by atoms with Crippen LogP contribution in [0, 0.1) is 0 Å². The molecule has 3 N–H and O–H groups in total. The molecule has 0 aliphatic carbocycles. The maximum Gasteiger partial charge on any atom is 0.261 e. The van der Waals surface area contributed by atoms with Gasteiger partial charge in [-0.3, -0.25) is 20.0 Å². The van der Waals surface area contributed by atoms with Gasteiger partial charge >= 0.3 is 0 Å². The lowest BCUT2D eigenvalue weighted by atomic mass is 10.1. The van der Waals surface area contributed by atoms with Gasteiger partial charge in [-0.25, -0.2) is 4.98 Å². The SMILES string of the molecule is CC(=O)Nc1sc(NC(=O)c2cn[nH]c2-c2ccc3c(c2)OCO3)nc1-c1ccccc1. The van der Waals surface area contributed by atoms with Crippen LogP contribution in [0.3, 0.4) is 0 Å². The molecule has 0 saturated carbocycles. The van der Waals surface area contributed by atoms with Gasteiger partial charge in [0.2, 0.25) is 12.7 Å². The average Bonchev–Trinajstić information content (AvgIpc) is 3.53. The number of amides is 2. The van der Waals surface area contributed by atoms with E-state index in [0.29, 0.717) is 38.6 Å². The zero-order chi connectivity index (χ0) is 22.1. The third kappa shape index (κ3) is 3.79. The van der Waals surface area contributed by atoms with Crippen LogP contribution in [0.15, 0.2) is 54.7 Å². The molecule has 5 rings (SSSR count). The number of aromatic nitrogens is 3. The number of nitrogens with zero attached hydrogens (tertiary/aromatic N) is 2. The van der Waals surface area contributed by atoms with Gasteiger partial charge < -0.3 is 14.8 Å². The Bertz CT molecular complexity index is 1320. The first-order valence-corrected chi connectivity index (χ1v) is 10.5. The van der Waals surface area contributed by atoms with Crippen LogP contribution in [-0.4, -0.2) is 33.8 Å². The summed E-state index contributed by atoms with van der Waals surface area (Å²) in [5.74, 6) is 0.662. The van der Waals surface area contributed by atoms with Gasteiger partial charge in [0.25, 0.3) is 5.91 Å². The summed E-state index contributed by atoms with van der Waals surface area (Å²) >= 11 is 1.18. The zero-order valence-corrected chi connectivity index (χ0v) is 17.7. The number of ether oxygens (including phenoxy) is 2. The molecule has 0 atom stereocenters. The summed E-state index contributed by atoms with van der Waals surface area (Å²) in [6.07, 6.45) is 1.45. The Labute approximate surface area is 186 Å². The number of anilines is 2. The molecule has 0 radical (unpaired) electrons. The van der Waals surface area contributed by atoms with Gasteiger partial charge in [-0.05, 0) is 18.2 Å². The zero-order valence-electron chi connectivity index (χ0n) is 16.8. The van der Waals surface area contributed by atoms with Gasteiger partial charge in [-0.15, -0.1) is 0 Å². The van der Waals surface area contributed by atoms with Crippen LogP contribution in [0.5, 0.6) is 11.5 Å². The van der Waals surface area contributed by atoms with Gasteiger partial charge in [0, 0.05) is 18.1 Å². The normalized spacial score (nSPS) is 11.9. The van der Waals surface area contributed by atoms with Crippen molar-refractivity contribution in [3.63, 3.8) is 0 Å². The summed E-state index contributed by atoms with van der Waals surface area (Å²) in [7, 11) is 0. The minimum absolute atomic E-state index is 0.166. The fourth-order valence-corrected chi connectivity index (χ4v) is 4.23. The van der Waals surface area contributed by atoms with Gasteiger partial charge in [-0.2, -0.15) is 5.10 Å². The van der Waals surface area contributed by atoms with Crippen LogP contribution < -0.4 is 20.1 Å². The van der Waals surface area contributed by atoms with Crippen LogP contribution in [0.2, 0.25) is 0 Å². The van der Waals surface area contributed by atoms with Crippen molar-refractivity contribution in [1.82, 2.24) is 15.2 Å². The number of hydrogen-bond acceptors (Lipinski definition) is 7. The maximum absolute atomic E-state index is 13.0. The predicted molar refractivity (Wildman–Crippen MR) is 120 cm³/mol. The van der Waals surface area contributed by atoms with Crippen molar-refractivity contribution in [3.8, 4) is 34.0 Å². The summed E-state index contributed by atoms with van der Waals surface area (Å²) in [4.78, 5) is 29.2. The molecule has 0 saturated heterocycles. The fraction of sp³-hybridized carbons (Fsp3) is 0.0909. The Morgan fingerprint density at radius 2 is 1.84 bits per heavy atom. The van der Waals surface area contributed by atoms with E-state index in [9.17, 15) is 9.59 Å². The van der Waals surface area contributed by atoms with E-state index < -0.39 is 0 Å². The second-order valence-electron chi connectivity index (χ2n) is 6.92. The highest BCUT2D eigenvalue weighted by atomic mass is 32.1. The van der Waals surface area contributed by atoms with Crippen molar-refractivity contribution in [1.29, 1.82) is 0 Å². The maximum atomic E-state index is 13.0. The summed E-state index contributed by atoms with van der Waals surface area (Å²) < 4.78 is 10.8. The summed E-state index contributed by atoms with van der Waals surface area (Å²) in [6.45, 7) is 1.59. The lowest BCUT2D eigenvalue weighted by Gasteiger charge is -2.05. The predicted octanol–water partition coefficient (Wildman–Crippen LogP) is 4.14. The van der Waals surface area contributed by atoms with E-state index in [1.54, 1.807) is 12.1 Å². The van der Waals surface area contributed by atoms with Crippen LogP contribution in [0.25, 0.3) is 22.5 Å². The molecular formula is C22H17N5O4S. The first-order chi connectivity index (χ1) is 15.6. The number of carbonyl (C=O) groups excluding carboxylic acids is 2. The molecule has 3 heterocycles. The molecule has 0 fully saturated rings. The van der Waals surface area contributed by atoms with E-state index in [-0.39, 0.29) is 18.6 Å². The third-order valence-corrected chi connectivity index (χ3v) is 5.62. The molecule has 2 aromatic heterocycles. The quantitative estimate of drug-likeness (QED) is 0.423. The molecule has 1 aliphatic heterocycles. The number of hydrogen-bond donors (Lipinski definition) is 3. The fourth-order valence-electron chi connectivity index (χ4n) is 3.30. The lowest BCUT2D eigenvalue weighted by Crippen LogP contribution is -2.12. The highest BCUT2D eigenvalue weighted by molar-refractivity contribution is 7.20. The molecule has 2 aromatic carbocycles. The van der Waals surface area contributed by atoms with E-state index in [1.807, 2.05) is 36.4 Å². The summed E-state index contributed by atoms with van der Waals surface area (Å²) in [6, 6.07) is 14.8. The number of aromatic amines is 1. The standard InChI is InChI=1S/C22H17N5O4S/c1-12(28)24-21-19(13-5-3-2-4-6-13)25-22(32-21)26-20(29)15-10-23-27-18(15)14-7-8-16-17(9-14)31-11-30-16/h2-10H,11H2,1H3,(H,23,27)(H,24,28)(H,25,26,29). The topological polar surface area (TPSA) is 118 Å². The number of rotatable bonds is 5. The number of benzene rings is 2. The van der Waals surface area contributed by atoms with Crippen molar-refractivity contribution in [2.45, 2.75) is 6.92 Å². The Kier molecular flexibility index (Phi) is 5.04. The smallest absolute Gasteiger partial charge is 0.261 e. The third-order valence-electron chi connectivity index (χ3n) is 4.73. The highest BCUT2D eigenvalue weighted by Crippen LogP contribution is 2.38. The van der Waals surface area contributed by atoms with Crippen LogP contribution >= 0.6 is 11.3 Å². The van der Waals surface area contributed by atoms with Crippen molar-refractivity contribution in [2.24, 2.45) is 0 Å². The summed E-state index contributed by atoms with van der Waals surface area (Å²) in [5.41, 5.74) is 3.05. The minimum Gasteiger partial charge on any atom is -0.454 e. The number of carbonyl (C=O) groups is 2. The molecule has 2 amide bonds. The second-order valence-corrected chi connectivity index (χ2v) is 7.92. The molecular weight excluding hydrogens is 430 g/mol. The van der Waals surface area contributed by atoms with E-state index in [2.05, 4.69) is 25.8 Å². The first-order valence-electron chi connectivity index (χ1n) is 9.67. The monoisotopic (exact) mass is 447 g/mol. The Balaban J connectivity index is 1.43. The van der Waals surface area contributed by atoms with Crippen LogP contribution in [0.1, 0.15) is 17.3 Å². The Morgan fingerprint density at radius 3 is 2.66 bits per heavy atom. The lowest BCUT2D eigenvalue weighted by molar-refractivity contribution is -0.114. The molecule has 1 aliphatic rings. The molecule has 9 nitrogen and oxygen atoms in total. The number of H-pyrrole nitrogens is 1. The Hall–Kier alpha value is -4.18. The van der Waals surface area contributed by atoms with Gasteiger partial charge in [0.15, 0.2) is 16.6 Å². The first kappa shape index (κ1) is 19.8. The van der Waals surface area contributed by atoms with E-state index in [4.69, 9.17) is 9.47 Å². The molecule has 160 valence electrons. The number of fused-ring (bicyclic) bond motifs is 1. The van der Waals surface area contributed by atoms with E-state index in [0.717, 1.165) is 11.1 Å². The van der Waals surface area contributed by atoms with E-state index >= 15 is 0 Å². The Morgan fingerprint density at radius 1 is 1.03 bits per heavy atom. The minimum atomic E-state index is -0.380. The van der Waals surface area contributed by atoms with Crippen LogP contribution in [-0.2, 0) is 4.79 Å². The van der Waals surface area contributed by atoms with Crippen LogP contribution in [0.4, 0.5) is 10.1 Å². The summed E-state index contributed by atoms with van der Waals surface area (Å²) in [5, 5.41) is 13.4. The van der Waals surface area contributed by atoms with Crippen molar-refractivity contribution in [2.75, 3.05) is 17.4 Å². The number of nitrogens with one attached hydrogen (secondary N) is 3. The second kappa shape index (κ2) is 8.16. The van der Waals surface area contributed by atoms with Gasteiger partial charge in [0.1, 0.15) is 10.7 Å². The number of thiazole rings is 1. The largest absolute Gasteiger partial charge is 0.454 e. The molecule has 10 heteroatoms. The highest BCUT2D eigenvalue weighted by Gasteiger charge is 2.21. The average molecular weight is 447 g/mol. The van der Waals surface area contributed by atoms with Crippen molar-refractivity contribution < 1.29 is 19.1 Å². The van der Waals surface area contributed by atoms with Gasteiger partial charge in [-0.1, -0.05) is 41.7 Å². The van der Waals surface area contributed by atoms with Crippen molar-refractivity contribution in [3.05, 3.63) is 60.3 Å². The molecule has 0 spiro atoms. The molecule has 0 unspecified atom stereocenters. The van der Waals surface area contributed by atoms with E-state index in [1.165, 1.54) is 24.5 Å². The molecule has 4 aromatic rings. The molecule has 32 heavy (non-hydrogen) atoms. The van der Waals surface area contributed by atoms with Crippen molar-refractivity contribution >= 4 is 33.3 Å². The molecule has 0 bridgehead atoms. The van der Waals surface area contributed by atoms with Gasteiger partial charge in [0.05, 0.1) is 17.5 Å².